The van der Waals surface area contributed by atoms with E-state index in [1.54, 1.807) is 24.2 Å². The van der Waals surface area contributed by atoms with E-state index in [0.29, 0.717) is 5.75 Å². The Kier molecular flexibility index (Phi) is 3.57. The Morgan fingerprint density at radius 1 is 1.31 bits per heavy atom. The van der Waals surface area contributed by atoms with Crippen LogP contribution >= 0.6 is 11.8 Å². The Bertz CT molecular complexity index is 505. The molecule has 0 spiro atoms. The van der Waals surface area contributed by atoms with E-state index < -0.39 is 0 Å². The topological polar surface area (TPSA) is 30.0 Å². The van der Waals surface area contributed by atoms with Crippen molar-refractivity contribution >= 4 is 28.3 Å². The van der Waals surface area contributed by atoms with E-state index in [9.17, 15) is 4.79 Å². The van der Waals surface area contributed by atoms with Crippen LogP contribution in [0, 0.1) is 0 Å². The van der Waals surface area contributed by atoms with Crippen LogP contribution in [0.2, 0.25) is 0 Å². The number of nitrogens with zero attached hydrogens (tertiary/aromatic N) is 1. The zero-order chi connectivity index (χ0) is 11.4. The number of aromatic nitrogens is 1. The molecule has 0 aliphatic carbocycles. The summed E-state index contributed by atoms with van der Waals surface area (Å²) in [5.74, 6) is 1.66. The second-order valence-corrected chi connectivity index (χ2v) is 4.74. The van der Waals surface area contributed by atoms with Gasteiger partial charge in [0.25, 0.3) is 0 Å². The van der Waals surface area contributed by atoms with Crippen LogP contribution in [0.3, 0.4) is 0 Å². The maximum Gasteiger partial charge on any atom is 0.174 e. The molecule has 0 bridgehead atoms. The molecule has 0 N–H and O–H groups in total. The number of rotatable bonds is 4. The number of benzene rings is 1. The van der Waals surface area contributed by atoms with E-state index in [1.807, 2.05) is 24.3 Å². The highest BCUT2D eigenvalue weighted by Crippen LogP contribution is 2.18. The van der Waals surface area contributed by atoms with E-state index in [2.05, 4.69) is 11.9 Å². The summed E-state index contributed by atoms with van der Waals surface area (Å²) in [6.07, 6.45) is 3.46. The number of thioether (sulfide) groups is 1. The number of pyridine rings is 1. The van der Waals surface area contributed by atoms with Crippen LogP contribution in [0.1, 0.15) is 17.3 Å². The number of hydrogen-bond acceptors (Lipinski definition) is 3. The third-order valence-electron chi connectivity index (χ3n) is 2.41. The number of Topliss-reactive ketones (excluding diaryl/α,β-unsaturated/α-hetero) is 1. The molecule has 3 heteroatoms. The molecule has 0 saturated carbocycles. The zero-order valence-corrected chi connectivity index (χ0v) is 9.96. The largest absolute Gasteiger partial charge is 0.293 e. The van der Waals surface area contributed by atoms with Crippen molar-refractivity contribution in [3.63, 3.8) is 0 Å². The molecule has 0 atom stereocenters. The number of fused-ring (bicyclic) bond motifs is 1. The molecule has 16 heavy (non-hydrogen) atoms. The zero-order valence-electron chi connectivity index (χ0n) is 9.14. The number of carbonyl (C=O) groups is 1. The van der Waals surface area contributed by atoms with Crippen molar-refractivity contribution in [2.24, 2.45) is 0 Å². The SMILES string of the molecule is CCSCC(=O)c1cncc2ccccc12. The second-order valence-electron chi connectivity index (χ2n) is 3.47. The van der Waals surface area contributed by atoms with E-state index in [1.165, 1.54) is 0 Å². The molecule has 0 fully saturated rings. The monoisotopic (exact) mass is 231 g/mol. The molecule has 0 unspecified atom stereocenters. The van der Waals surface area contributed by atoms with Crippen molar-refractivity contribution in [3.8, 4) is 0 Å². The first-order valence-corrected chi connectivity index (χ1v) is 6.42. The highest BCUT2D eigenvalue weighted by atomic mass is 32.2. The Morgan fingerprint density at radius 3 is 2.94 bits per heavy atom. The van der Waals surface area contributed by atoms with Crippen LogP contribution in [0.5, 0.6) is 0 Å². The summed E-state index contributed by atoms with van der Waals surface area (Å²) >= 11 is 1.64. The average molecular weight is 231 g/mol. The smallest absolute Gasteiger partial charge is 0.174 e. The normalized spacial score (nSPS) is 10.6. The number of hydrogen-bond donors (Lipinski definition) is 0. The van der Waals surface area contributed by atoms with Crippen LogP contribution in [0.4, 0.5) is 0 Å². The summed E-state index contributed by atoms with van der Waals surface area (Å²) in [5, 5.41) is 2.02. The minimum absolute atomic E-state index is 0.163. The lowest BCUT2D eigenvalue weighted by Crippen LogP contribution is -2.04. The van der Waals surface area contributed by atoms with Crippen LogP contribution < -0.4 is 0 Å². The van der Waals surface area contributed by atoms with Gasteiger partial charge in [0.1, 0.15) is 0 Å². The highest BCUT2D eigenvalue weighted by molar-refractivity contribution is 7.99. The summed E-state index contributed by atoms with van der Waals surface area (Å²) < 4.78 is 0. The summed E-state index contributed by atoms with van der Waals surface area (Å²) in [6, 6.07) is 7.86. The van der Waals surface area contributed by atoms with Crippen LogP contribution in [-0.2, 0) is 0 Å². The standard InChI is InChI=1S/C13H13NOS/c1-2-16-9-13(15)12-8-14-7-10-5-3-4-6-11(10)12/h3-8H,2,9H2,1H3. The Balaban J connectivity index is 2.40. The van der Waals surface area contributed by atoms with Gasteiger partial charge in [0.15, 0.2) is 5.78 Å². The van der Waals surface area contributed by atoms with Crippen molar-refractivity contribution in [2.45, 2.75) is 6.92 Å². The molecule has 0 aliphatic rings. The van der Waals surface area contributed by atoms with Gasteiger partial charge in [-0.3, -0.25) is 9.78 Å². The van der Waals surface area contributed by atoms with Crippen molar-refractivity contribution < 1.29 is 4.79 Å². The quantitative estimate of drug-likeness (QED) is 0.757. The summed E-state index contributed by atoms with van der Waals surface area (Å²) in [5.41, 5.74) is 0.735. The van der Waals surface area contributed by atoms with E-state index in [0.717, 1.165) is 22.1 Å². The van der Waals surface area contributed by atoms with Crippen molar-refractivity contribution in [3.05, 3.63) is 42.2 Å². The predicted molar refractivity (Wildman–Crippen MR) is 69.1 cm³/mol. The molecule has 1 heterocycles. The molecule has 0 saturated heterocycles. The first-order chi connectivity index (χ1) is 7.83. The Labute approximate surface area is 99.1 Å². The molecule has 2 rings (SSSR count). The Morgan fingerprint density at radius 2 is 2.12 bits per heavy atom. The van der Waals surface area contributed by atoms with E-state index in [-0.39, 0.29) is 5.78 Å². The maximum absolute atomic E-state index is 12.0. The number of ketones is 1. The van der Waals surface area contributed by atoms with Crippen LogP contribution in [-0.4, -0.2) is 22.3 Å². The lowest BCUT2D eigenvalue weighted by Gasteiger charge is -2.04. The maximum atomic E-state index is 12.0. The van der Waals surface area contributed by atoms with Gasteiger partial charge in [0.2, 0.25) is 0 Å². The van der Waals surface area contributed by atoms with Gasteiger partial charge in [-0.1, -0.05) is 31.2 Å². The fraction of sp³-hybridized carbons (Fsp3) is 0.231. The van der Waals surface area contributed by atoms with E-state index >= 15 is 0 Å². The molecule has 82 valence electrons. The summed E-state index contributed by atoms with van der Waals surface area (Å²) in [6.45, 7) is 2.05. The molecule has 0 radical (unpaired) electrons. The van der Waals surface area contributed by atoms with Gasteiger partial charge in [0.05, 0.1) is 5.75 Å². The molecule has 0 aliphatic heterocycles. The molecule has 1 aromatic carbocycles. The lowest BCUT2D eigenvalue weighted by atomic mass is 10.1. The Hall–Kier alpha value is -1.35. The highest BCUT2D eigenvalue weighted by Gasteiger charge is 2.09. The number of carbonyl (C=O) groups excluding carboxylic acids is 1. The third kappa shape index (κ3) is 2.25. The van der Waals surface area contributed by atoms with Gasteiger partial charge in [-0.15, -0.1) is 0 Å². The van der Waals surface area contributed by atoms with Gasteiger partial charge >= 0.3 is 0 Å². The minimum atomic E-state index is 0.163. The fourth-order valence-corrected chi connectivity index (χ4v) is 2.16. The predicted octanol–water partition coefficient (Wildman–Crippen LogP) is 3.17. The minimum Gasteiger partial charge on any atom is -0.293 e. The van der Waals surface area contributed by atoms with Gasteiger partial charge in [-0.05, 0) is 11.1 Å². The first kappa shape index (κ1) is 11.1. The van der Waals surface area contributed by atoms with Gasteiger partial charge < -0.3 is 0 Å². The molecule has 0 amide bonds. The summed E-state index contributed by atoms with van der Waals surface area (Å²) in [7, 11) is 0. The van der Waals surface area contributed by atoms with Crippen molar-refractivity contribution in [2.75, 3.05) is 11.5 Å². The van der Waals surface area contributed by atoms with Crippen molar-refractivity contribution in [1.82, 2.24) is 4.98 Å². The van der Waals surface area contributed by atoms with Gasteiger partial charge in [-0.25, -0.2) is 0 Å². The second kappa shape index (κ2) is 5.12. The summed E-state index contributed by atoms with van der Waals surface area (Å²) in [4.78, 5) is 16.1. The fourth-order valence-electron chi connectivity index (χ4n) is 1.61. The molecular formula is C13H13NOS. The van der Waals surface area contributed by atoms with Crippen LogP contribution in [0.25, 0.3) is 10.8 Å². The van der Waals surface area contributed by atoms with Gasteiger partial charge in [-0.2, -0.15) is 11.8 Å². The molecule has 2 aromatic rings. The average Bonchev–Trinajstić information content (AvgIpc) is 2.35. The third-order valence-corrected chi connectivity index (χ3v) is 3.28. The van der Waals surface area contributed by atoms with E-state index in [4.69, 9.17) is 0 Å². The van der Waals surface area contributed by atoms with Crippen LogP contribution in [0.15, 0.2) is 36.7 Å². The lowest BCUT2D eigenvalue weighted by molar-refractivity contribution is 0.102. The first-order valence-electron chi connectivity index (χ1n) is 5.26. The molecule has 1 aromatic heterocycles. The van der Waals surface area contributed by atoms with Gasteiger partial charge in [0, 0.05) is 23.3 Å². The van der Waals surface area contributed by atoms with Crippen molar-refractivity contribution in [1.29, 1.82) is 0 Å². The molecule has 2 nitrogen and oxygen atoms in total. The molecular weight excluding hydrogens is 218 g/mol.